The molecule has 1 fully saturated rings. The van der Waals surface area contributed by atoms with Crippen LogP contribution in [0.5, 0.6) is 0 Å². The summed E-state index contributed by atoms with van der Waals surface area (Å²) in [5, 5.41) is 7.76. The number of rotatable bonds is 8. The topological polar surface area (TPSA) is 57.9 Å². The lowest BCUT2D eigenvalue weighted by Gasteiger charge is -2.34. The number of halogens is 1. The Morgan fingerprint density at radius 1 is 1.38 bits per heavy atom. The van der Waals surface area contributed by atoms with Gasteiger partial charge >= 0.3 is 0 Å². The number of aliphatic imine (C=N–C) groups is 1. The summed E-state index contributed by atoms with van der Waals surface area (Å²) in [6, 6.07) is 0. The van der Waals surface area contributed by atoms with Crippen molar-refractivity contribution in [2.24, 2.45) is 12.0 Å². The molecule has 1 unspecified atom stereocenters. The maximum atomic E-state index is 5.91. The van der Waals surface area contributed by atoms with Crippen molar-refractivity contribution in [1.29, 1.82) is 0 Å². The SMILES string of the molecule is CCN(CC)CCCCNC(=NC)N1CCOC(c2cnn(C)c2)C1.I. The molecule has 150 valence electrons. The molecule has 2 rings (SSSR count). The van der Waals surface area contributed by atoms with Gasteiger partial charge in [-0.3, -0.25) is 9.67 Å². The largest absolute Gasteiger partial charge is 0.370 e. The lowest BCUT2D eigenvalue weighted by atomic mass is 10.1. The lowest BCUT2D eigenvalue weighted by Crippen LogP contribution is -2.48. The number of hydrogen-bond acceptors (Lipinski definition) is 4. The van der Waals surface area contributed by atoms with E-state index in [9.17, 15) is 0 Å². The van der Waals surface area contributed by atoms with E-state index >= 15 is 0 Å². The van der Waals surface area contributed by atoms with Gasteiger partial charge in [0.2, 0.25) is 0 Å². The molecule has 1 aliphatic rings. The molecule has 1 aromatic rings. The Bertz CT molecular complexity index is 532. The standard InChI is InChI=1S/C18H34N6O.HI/c1-5-23(6-2)10-8-7-9-20-18(19-3)24-11-12-25-17(15-24)16-13-21-22(4)14-16;/h13-14,17H,5-12,15H2,1-4H3,(H,19,20);1H. The Labute approximate surface area is 175 Å². The van der Waals surface area contributed by atoms with Crippen LogP contribution in [0.15, 0.2) is 17.4 Å². The fraction of sp³-hybridized carbons (Fsp3) is 0.778. The van der Waals surface area contributed by atoms with Crippen LogP contribution in [-0.2, 0) is 11.8 Å². The van der Waals surface area contributed by atoms with Crippen LogP contribution in [0.4, 0.5) is 0 Å². The van der Waals surface area contributed by atoms with Crippen LogP contribution in [0.1, 0.15) is 38.4 Å². The van der Waals surface area contributed by atoms with E-state index in [1.54, 1.807) is 0 Å². The van der Waals surface area contributed by atoms with Crippen LogP contribution < -0.4 is 5.32 Å². The summed E-state index contributed by atoms with van der Waals surface area (Å²) in [5.41, 5.74) is 1.13. The zero-order valence-electron chi connectivity index (χ0n) is 16.6. The zero-order valence-corrected chi connectivity index (χ0v) is 19.0. The summed E-state index contributed by atoms with van der Waals surface area (Å²) in [6.07, 6.45) is 6.34. The Balaban J connectivity index is 0.00000338. The number of guanidine groups is 1. The lowest BCUT2D eigenvalue weighted by molar-refractivity contribution is -0.00802. The Hall–Kier alpha value is -0.870. The van der Waals surface area contributed by atoms with E-state index in [4.69, 9.17) is 4.74 Å². The fourth-order valence-electron chi connectivity index (χ4n) is 3.18. The average Bonchev–Trinajstić information content (AvgIpc) is 3.08. The molecule has 0 aliphatic carbocycles. The fourth-order valence-corrected chi connectivity index (χ4v) is 3.18. The molecule has 0 bridgehead atoms. The molecule has 0 aromatic carbocycles. The van der Waals surface area contributed by atoms with Gasteiger partial charge in [0, 0.05) is 38.9 Å². The van der Waals surface area contributed by atoms with Gasteiger partial charge < -0.3 is 19.9 Å². The van der Waals surface area contributed by atoms with Gasteiger partial charge in [0.05, 0.1) is 19.3 Å². The van der Waals surface area contributed by atoms with Crippen LogP contribution in [0, 0.1) is 0 Å². The predicted octanol–water partition coefficient (Wildman–Crippen LogP) is 2.11. The molecule has 1 aliphatic heterocycles. The van der Waals surface area contributed by atoms with Gasteiger partial charge in [-0.05, 0) is 32.5 Å². The van der Waals surface area contributed by atoms with Gasteiger partial charge in [-0.25, -0.2) is 0 Å². The molecule has 26 heavy (non-hydrogen) atoms. The molecule has 0 radical (unpaired) electrons. The van der Waals surface area contributed by atoms with Gasteiger partial charge in [-0.1, -0.05) is 13.8 Å². The van der Waals surface area contributed by atoms with Crippen molar-refractivity contribution < 1.29 is 4.74 Å². The minimum atomic E-state index is 0. The van der Waals surface area contributed by atoms with E-state index in [-0.39, 0.29) is 30.1 Å². The van der Waals surface area contributed by atoms with Crippen LogP contribution in [0.2, 0.25) is 0 Å². The third kappa shape index (κ3) is 7.03. The second-order valence-corrected chi connectivity index (χ2v) is 6.46. The number of hydrogen-bond donors (Lipinski definition) is 1. The highest BCUT2D eigenvalue weighted by molar-refractivity contribution is 14.0. The summed E-state index contributed by atoms with van der Waals surface area (Å²) in [6.45, 7) is 11.2. The summed E-state index contributed by atoms with van der Waals surface area (Å²) < 4.78 is 7.73. The van der Waals surface area contributed by atoms with Gasteiger partial charge in [-0.15, -0.1) is 24.0 Å². The van der Waals surface area contributed by atoms with Crippen molar-refractivity contribution >= 4 is 29.9 Å². The van der Waals surface area contributed by atoms with Crippen LogP contribution in [-0.4, -0.2) is 78.5 Å². The van der Waals surface area contributed by atoms with E-state index in [0.29, 0.717) is 6.61 Å². The second kappa shape index (κ2) is 12.5. The van der Waals surface area contributed by atoms with Crippen molar-refractivity contribution in [3.8, 4) is 0 Å². The van der Waals surface area contributed by atoms with E-state index in [1.165, 1.54) is 13.0 Å². The molecule has 1 N–H and O–H groups in total. The third-order valence-corrected chi connectivity index (χ3v) is 4.75. The third-order valence-electron chi connectivity index (χ3n) is 4.75. The summed E-state index contributed by atoms with van der Waals surface area (Å²) >= 11 is 0. The smallest absolute Gasteiger partial charge is 0.193 e. The summed E-state index contributed by atoms with van der Waals surface area (Å²) in [7, 11) is 3.79. The van der Waals surface area contributed by atoms with Crippen molar-refractivity contribution in [1.82, 2.24) is 24.9 Å². The molecule has 7 nitrogen and oxygen atoms in total. The molecular formula is C18H35IN6O. The van der Waals surface area contributed by atoms with Gasteiger partial charge in [0.1, 0.15) is 6.10 Å². The number of aromatic nitrogens is 2. The van der Waals surface area contributed by atoms with Crippen LogP contribution >= 0.6 is 24.0 Å². The van der Waals surface area contributed by atoms with Crippen molar-refractivity contribution in [3.05, 3.63) is 18.0 Å². The van der Waals surface area contributed by atoms with Gasteiger partial charge in [0.15, 0.2) is 5.96 Å². The zero-order chi connectivity index (χ0) is 18.1. The van der Waals surface area contributed by atoms with Crippen LogP contribution in [0.25, 0.3) is 0 Å². The average molecular weight is 478 g/mol. The van der Waals surface area contributed by atoms with E-state index in [0.717, 1.165) is 50.7 Å². The van der Waals surface area contributed by atoms with E-state index in [1.807, 2.05) is 31.2 Å². The van der Waals surface area contributed by atoms with E-state index in [2.05, 4.69) is 39.1 Å². The highest BCUT2D eigenvalue weighted by atomic mass is 127. The van der Waals surface area contributed by atoms with Gasteiger partial charge in [-0.2, -0.15) is 5.10 Å². The normalized spacial score (nSPS) is 18.1. The first kappa shape index (κ1) is 23.2. The first-order valence-electron chi connectivity index (χ1n) is 9.46. The number of ether oxygens (including phenoxy) is 1. The van der Waals surface area contributed by atoms with E-state index < -0.39 is 0 Å². The Kier molecular flexibility index (Phi) is 11.1. The minimum Gasteiger partial charge on any atom is -0.370 e. The van der Waals surface area contributed by atoms with Crippen molar-refractivity contribution in [2.45, 2.75) is 32.8 Å². The highest BCUT2D eigenvalue weighted by Gasteiger charge is 2.24. The molecule has 1 saturated heterocycles. The monoisotopic (exact) mass is 478 g/mol. The van der Waals surface area contributed by atoms with Crippen molar-refractivity contribution in [3.63, 3.8) is 0 Å². The number of nitrogens with one attached hydrogen (secondary N) is 1. The predicted molar refractivity (Wildman–Crippen MR) is 117 cm³/mol. The van der Waals surface area contributed by atoms with Crippen LogP contribution in [0.3, 0.4) is 0 Å². The quantitative estimate of drug-likeness (QED) is 0.269. The van der Waals surface area contributed by atoms with Gasteiger partial charge in [0.25, 0.3) is 0 Å². The number of morpholine rings is 1. The molecule has 0 spiro atoms. The molecule has 1 atom stereocenters. The molecule has 2 heterocycles. The first-order valence-corrected chi connectivity index (χ1v) is 9.46. The Morgan fingerprint density at radius 2 is 2.15 bits per heavy atom. The molecule has 8 heteroatoms. The maximum Gasteiger partial charge on any atom is 0.193 e. The highest BCUT2D eigenvalue weighted by Crippen LogP contribution is 2.21. The first-order chi connectivity index (χ1) is 12.2. The molecule has 0 amide bonds. The Morgan fingerprint density at radius 3 is 2.77 bits per heavy atom. The number of unbranched alkanes of at least 4 members (excludes halogenated alkanes) is 1. The second-order valence-electron chi connectivity index (χ2n) is 6.46. The molecule has 1 aromatic heterocycles. The summed E-state index contributed by atoms with van der Waals surface area (Å²) in [4.78, 5) is 9.21. The number of nitrogens with zero attached hydrogens (tertiary/aromatic N) is 5. The van der Waals surface area contributed by atoms with Crippen molar-refractivity contribution in [2.75, 3.05) is 52.9 Å². The minimum absolute atomic E-state index is 0. The maximum absolute atomic E-state index is 5.91. The number of aryl methyl sites for hydroxylation is 1. The molecule has 0 saturated carbocycles. The molecular weight excluding hydrogens is 443 g/mol. The summed E-state index contributed by atoms with van der Waals surface area (Å²) in [5.74, 6) is 0.972.